The van der Waals surface area contributed by atoms with Crippen LogP contribution in [0.1, 0.15) is 31.7 Å². The van der Waals surface area contributed by atoms with Crippen LogP contribution >= 0.6 is 0 Å². The highest BCUT2D eigenvalue weighted by Crippen LogP contribution is 2.20. The molecule has 0 saturated heterocycles. The van der Waals surface area contributed by atoms with E-state index in [0.717, 1.165) is 12.0 Å². The highest BCUT2D eigenvalue weighted by atomic mass is 19.1. The lowest BCUT2D eigenvalue weighted by atomic mass is 9.98. The maximum absolute atomic E-state index is 13.0. The standard InChI is InChI=1S/C10H13F/c1-3-8(2)9-6-4-5-7-10(9)11/h4-8H,3H2,1-2H3/t8-/m1/s1. The predicted molar refractivity (Wildman–Crippen MR) is 45.1 cm³/mol. The van der Waals surface area contributed by atoms with Gasteiger partial charge in [-0.1, -0.05) is 32.0 Å². The first-order chi connectivity index (χ1) is 5.25. The Kier molecular flexibility index (Phi) is 2.64. The van der Waals surface area contributed by atoms with Crippen LogP contribution in [0.5, 0.6) is 0 Å². The fourth-order valence-electron chi connectivity index (χ4n) is 1.09. The van der Waals surface area contributed by atoms with Gasteiger partial charge in [0.25, 0.3) is 0 Å². The molecule has 1 heteroatoms. The predicted octanol–water partition coefficient (Wildman–Crippen LogP) is 3.34. The molecule has 0 aliphatic carbocycles. The Labute approximate surface area is 67.1 Å². The Morgan fingerprint density at radius 3 is 2.55 bits per heavy atom. The molecule has 0 aliphatic heterocycles. The largest absolute Gasteiger partial charge is 0.207 e. The number of halogens is 1. The average molecular weight is 152 g/mol. The summed E-state index contributed by atoms with van der Waals surface area (Å²) in [5.74, 6) is 0.248. The first-order valence-corrected chi connectivity index (χ1v) is 4.00. The van der Waals surface area contributed by atoms with Gasteiger partial charge < -0.3 is 0 Å². The van der Waals surface area contributed by atoms with E-state index in [-0.39, 0.29) is 5.82 Å². The van der Waals surface area contributed by atoms with E-state index in [2.05, 4.69) is 6.92 Å². The smallest absolute Gasteiger partial charge is 0.126 e. The van der Waals surface area contributed by atoms with Crippen molar-refractivity contribution in [1.82, 2.24) is 0 Å². The second-order valence-corrected chi connectivity index (χ2v) is 2.83. The van der Waals surface area contributed by atoms with Crippen molar-refractivity contribution in [3.05, 3.63) is 35.6 Å². The summed E-state index contributed by atoms with van der Waals surface area (Å²) in [6.45, 7) is 4.11. The van der Waals surface area contributed by atoms with Crippen LogP contribution in [0, 0.1) is 5.82 Å². The molecule has 0 saturated carbocycles. The third-order valence-electron chi connectivity index (χ3n) is 2.05. The Morgan fingerprint density at radius 2 is 2.00 bits per heavy atom. The zero-order valence-corrected chi connectivity index (χ0v) is 6.97. The van der Waals surface area contributed by atoms with Gasteiger partial charge in [-0.3, -0.25) is 0 Å². The van der Waals surface area contributed by atoms with Gasteiger partial charge in [0, 0.05) is 0 Å². The Morgan fingerprint density at radius 1 is 1.36 bits per heavy atom. The van der Waals surface area contributed by atoms with E-state index in [1.54, 1.807) is 6.07 Å². The van der Waals surface area contributed by atoms with Gasteiger partial charge in [-0.05, 0) is 24.0 Å². The molecule has 0 aliphatic rings. The minimum atomic E-state index is -0.0816. The van der Waals surface area contributed by atoms with Crippen LogP contribution in [-0.2, 0) is 0 Å². The Balaban J connectivity index is 2.93. The number of hydrogen-bond acceptors (Lipinski definition) is 0. The number of hydrogen-bond donors (Lipinski definition) is 0. The van der Waals surface area contributed by atoms with Crippen molar-refractivity contribution in [2.75, 3.05) is 0 Å². The van der Waals surface area contributed by atoms with Gasteiger partial charge in [-0.2, -0.15) is 0 Å². The molecule has 0 heterocycles. The molecule has 1 rings (SSSR count). The van der Waals surface area contributed by atoms with Crippen LogP contribution in [-0.4, -0.2) is 0 Å². The lowest BCUT2D eigenvalue weighted by Crippen LogP contribution is -1.94. The minimum absolute atomic E-state index is 0.0816. The second-order valence-electron chi connectivity index (χ2n) is 2.83. The first-order valence-electron chi connectivity index (χ1n) is 4.00. The average Bonchev–Trinajstić information content (AvgIpc) is 2.04. The SMILES string of the molecule is CC[C@@H](C)c1ccccc1F. The summed E-state index contributed by atoms with van der Waals surface area (Å²) >= 11 is 0. The molecule has 0 bridgehead atoms. The van der Waals surface area contributed by atoms with Crippen LogP contribution < -0.4 is 0 Å². The summed E-state index contributed by atoms with van der Waals surface area (Å²) in [4.78, 5) is 0. The van der Waals surface area contributed by atoms with Gasteiger partial charge in [0.2, 0.25) is 0 Å². The Bertz CT molecular complexity index is 230. The van der Waals surface area contributed by atoms with Crippen LogP contribution in [0.15, 0.2) is 24.3 Å². The molecule has 0 spiro atoms. The van der Waals surface area contributed by atoms with Gasteiger partial charge >= 0.3 is 0 Å². The second kappa shape index (κ2) is 3.51. The Hall–Kier alpha value is -0.850. The van der Waals surface area contributed by atoms with E-state index in [1.165, 1.54) is 6.07 Å². The fourth-order valence-corrected chi connectivity index (χ4v) is 1.09. The molecule has 0 fully saturated rings. The van der Waals surface area contributed by atoms with Gasteiger partial charge in [-0.25, -0.2) is 4.39 Å². The van der Waals surface area contributed by atoms with E-state index in [4.69, 9.17) is 0 Å². The molecule has 0 radical (unpaired) electrons. The maximum atomic E-state index is 13.0. The first kappa shape index (κ1) is 8.25. The van der Waals surface area contributed by atoms with Crippen LogP contribution in [0.25, 0.3) is 0 Å². The molecule has 1 aromatic carbocycles. The van der Waals surface area contributed by atoms with Crippen LogP contribution in [0.3, 0.4) is 0 Å². The summed E-state index contributed by atoms with van der Waals surface area (Å²) in [7, 11) is 0. The zero-order valence-electron chi connectivity index (χ0n) is 6.97. The van der Waals surface area contributed by atoms with Crippen molar-refractivity contribution in [2.45, 2.75) is 26.2 Å². The summed E-state index contributed by atoms with van der Waals surface area (Å²) in [5, 5.41) is 0. The molecular weight excluding hydrogens is 139 g/mol. The van der Waals surface area contributed by atoms with Crippen molar-refractivity contribution in [1.29, 1.82) is 0 Å². The van der Waals surface area contributed by atoms with E-state index < -0.39 is 0 Å². The highest BCUT2D eigenvalue weighted by molar-refractivity contribution is 5.20. The fraction of sp³-hybridized carbons (Fsp3) is 0.400. The molecule has 11 heavy (non-hydrogen) atoms. The van der Waals surface area contributed by atoms with Crippen LogP contribution in [0.2, 0.25) is 0 Å². The summed E-state index contributed by atoms with van der Waals surface area (Å²) in [5.41, 5.74) is 0.829. The van der Waals surface area contributed by atoms with Gasteiger partial charge in [0.15, 0.2) is 0 Å². The zero-order chi connectivity index (χ0) is 8.27. The van der Waals surface area contributed by atoms with E-state index >= 15 is 0 Å². The monoisotopic (exact) mass is 152 g/mol. The number of rotatable bonds is 2. The van der Waals surface area contributed by atoms with Gasteiger partial charge in [-0.15, -0.1) is 0 Å². The molecule has 1 atom stereocenters. The topological polar surface area (TPSA) is 0 Å². The van der Waals surface area contributed by atoms with Gasteiger partial charge in [0.1, 0.15) is 5.82 Å². The third kappa shape index (κ3) is 1.79. The lowest BCUT2D eigenvalue weighted by molar-refractivity contribution is 0.584. The quantitative estimate of drug-likeness (QED) is 0.609. The van der Waals surface area contributed by atoms with Crippen molar-refractivity contribution in [3.8, 4) is 0 Å². The highest BCUT2D eigenvalue weighted by Gasteiger charge is 2.06. The van der Waals surface area contributed by atoms with Crippen molar-refractivity contribution < 1.29 is 4.39 Å². The number of benzene rings is 1. The minimum Gasteiger partial charge on any atom is -0.207 e. The maximum Gasteiger partial charge on any atom is 0.126 e. The molecule has 0 nitrogen and oxygen atoms in total. The van der Waals surface area contributed by atoms with Crippen molar-refractivity contribution >= 4 is 0 Å². The van der Waals surface area contributed by atoms with E-state index in [1.807, 2.05) is 19.1 Å². The molecule has 60 valence electrons. The summed E-state index contributed by atoms with van der Waals surface area (Å²) in [6.07, 6.45) is 0.987. The molecular formula is C10H13F. The lowest BCUT2D eigenvalue weighted by Gasteiger charge is -2.08. The van der Waals surface area contributed by atoms with Crippen LogP contribution in [0.4, 0.5) is 4.39 Å². The summed E-state index contributed by atoms with van der Waals surface area (Å²) in [6, 6.07) is 6.97. The third-order valence-corrected chi connectivity index (χ3v) is 2.05. The molecule has 0 N–H and O–H groups in total. The van der Waals surface area contributed by atoms with Crippen molar-refractivity contribution in [2.24, 2.45) is 0 Å². The molecule has 1 aromatic rings. The van der Waals surface area contributed by atoms with E-state index in [9.17, 15) is 4.39 Å². The summed E-state index contributed by atoms with van der Waals surface area (Å²) < 4.78 is 13.0. The molecule has 0 unspecified atom stereocenters. The molecule has 0 amide bonds. The van der Waals surface area contributed by atoms with E-state index in [0.29, 0.717) is 5.92 Å². The van der Waals surface area contributed by atoms with Crippen molar-refractivity contribution in [3.63, 3.8) is 0 Å². The van der Waals surface area contributed by atoms with Gasteiger partial charge in [0.05, 0.1) is 0 Å². The normalized spacial score (nSPS) is 13.0. The molecule has 0 aromatic heterocycles.